The molecule has 0 saturated heterocycles. The molecule has 1 heterocycles. The molecule has 4 rings (SSSR count). The van der Waals surface area contributed by atoms with E-state index in [4.69, 9.17) is 9.47 Å². The second kappa shape index (κ2) is 9.82. The van der Waals surface area contributed by atoms with Gasteiger partial charge in [-0.1, -0.05) is 55.4 Å². The van der Waals surface area contributed by atoms with Gasteiger partial charge in [-0.05, 0) is 79.2 Å². The van der Waals surface area contributed by atoms with Crippen LogP contribution in [0.1, 0.15) is 69.4 Å². The molecule has 0 amide bonds. The molecule has 1 aliphatic rings. The molecule has 1 saturated carbocycles. The number of fused-ring (bicyclic) bond motifs is 1. The lowest BCUT2D eigenvalue weighted by Crippen LogP contribution is -2.13. The van der Waals surface area contributed by atoms with Crippen LogP contribution in [0.2, 0.25) is 0 Å². The number of thiophene rings is 1. The van der Waals surface area contributed by atoms with E-state index in [-0.39, 0.29) is 5.82 Å². The fourth-order valence-electron chi connectivity index (χ4n) is 4.60. The molecule has 30 heavy (non-hydrogen) atoms. The number of hydrogen-bond acceptors (Lipinski definition) is 3. The van der Waals surface area contributed by atoms with Crippen molar-refractivity contribution in [2.24, 2.45) is 5.92 Å². The zero-order chi connectivity index (χ0) is 20.9. The van der Waals surface area contributed by atoms with Gasteiger partial charge in [0.15, 0.2) is 16.6 Å². The Morgan fingerprint density at radius 3 is 2.43 bits per heavy atom. The number of rotatable bonds is 8. The molecule has 1 aliphatic carbocycles. The summed E-state index contributed by atoms with van der Waals surface area (Å²) in [5.74, 6) is 1.65. The molecule has 0 bridgehead atoms. The molecule has 0 unspecified atom stereocenters. The molecule has 0 aliphatic heterocycles. The monoisotopic (exact) mass is 426 g/mol. The maximum absolute atomic E-state index is 14.6. The van der Waals surface area contributed by atoms with Gasteiger partial charge in [-0.25, -0.2) is 4.39 Å². The Bertz CT molecular complexity index is 955. The van der Waals surface area contributed by atoms with Crippen LogP contribution in [0, 0.1) is 11.7 Å². The van der Waals surface area contributed by atoms with Crippen molar-refractivity contribution in [1.29, 1.82) is 0 Å². The van der Waals surface area contributed by atoms with Gasteiger partial charge in [0.25, 0.3) is 0 Å². The van der Waals surface area contributed by atoms with Crippen molar-refractivity contribution in [2.75, 3.05) is 6.61 Å². The van der Waals surface area contributed by atoms with E-state index in [1.807, 2.05) is 19.1 Å². The Labute approximate surface area is 183 Å². The van der Waals surface area contributed by atoms with Crippen molar-refractivity contribution < 1.29 is 13.9 Å². The number of benzene rings is 2. The molecule has 2 aromatic carbocycles. The first-order valence-corrected chi connectivity index (χ1v) is 12.1. The summed E-state index contributed by atoms with van der Waals surface area (Å²) in [5, 5.41) is 1.58. The highest BCUT2D eigenvalue weighted by Crippen LogP contribution is 2.39. The van der Waals surface area contributed by atoms with Gasteiger partial charge in [0.1, 0.15) is 6.61 Å². The normalized spacial score (nSPS) is 19.2. The predicted octanol–water partition coefficient (Wildman–Crippen LogP) is 8.09. The molecule has 2 nitrogen and oxygen atoms in total. The minimum Gasteiger partial charge on any atom is -0.491 e. The van der Waals surface area contributed by atoms with E-state index in [0.717, 1.165) is 21.9 Å². The summed E-state index contributed by atoms with van der Waals surface area (Å²) in [7, 11) is 0. The average molecular weight is 427 g/mol. The van der Waals surface area contributed by atoms with Crippen LogP contribution in [0.25, 0.3) is 10.1 Å². The van der Waals surface area contributed by atoms with E-state index in [2.05, 4.69) is 31.2 Å². The van der Waals surface area contributed by atoms with Gasteiger partial charge in [0.05, 0.1) is 11.3 Å². The lowest BCUT2D eigenvalue weighted by molar-refractivity contribution is 0.307. The van der Waals surface area contributed by atoms with E-state index >= 15 is 0 Å². The molecule has 1 aromatic heterocycles. The highest BCUT2D eigenvalue weighted by Gasteiger charge is 2.21. The molecule has 160 valence electrons. The summed E-state index contributed by atoms with van der Waals surface area (Å²) in [6.45, 7) is 5.10. The molecule has 0 N–H and O–H groups in total. The van der Waals surface area contributed by atoms with Crippen LogP contribution in [0.15, 0.2) is 42.5 Å². The van der Waals surface area contributed by atoms with Gasteiger partial charge < -0.3 is 9.47 Å². The zero-order valence-corrected chi connectivity index (χ0v) is 18.8. The average Bonchev–Trinajstić information content (AvgIpc) is 3.20. The molecular weight excluding hydrogens is 395 g/mol. The number of hydrogen-bond donors (Lipinski definition) is 0. The van der Waals surface area contributed by atoms with Crippen molar-refractivity contribution in [3.05, 3.63) is 59.4 Å². The Morgan fingerprint density at radius 1 is 0.967 bits per heavy atom. The maximum atomic E-state index is 14.6. The van der Waals surface area contributed by atoms with Crippen LogP contribution >= 0.6 is 11.3 Å². The predicted molar refractivity (Wildman–Crippen MR) is 123 cm³/mol. The summed E-state index contributed by atoms with van der Waals surface area (Å²) in [4.78, 5) is 0. The summed E-state index contributed by atoms with van der Waals surface area (Å²) in [6.07, 6.45) is 8.07. The smallest absolute Gasteiger partial charge is 0.182 e. The van der Waals surface area contributed by atoms with Crippen LogP contribution in [-0.2, 0) is 6.61 Å². The van der Waals surface area contributed by atoms with Crippen molar-refractivity contribution >= 4 is 21.4 Å². The molecule has 0 atom stereocenters. The third-order valence-corrected chi connectivity index (χ3v) is 7.30. The Kier molecular flexibility index (Phi) is 6.93. The first-order valence-electron chi connectivity index (χ1n) is 11.2. The second-order valence-electron chi connectivity index (χ2n) is 8.33. The van der Waals surface area contributed by atoms with E-state index < -0.39 is 0 Å². The lowest BCUT2D eigenvalue weighted by Gasteiger charge is -2.28. The van der Waals surface area contributed by atoms with Crippen LogP contribution in [-0.4, -0.2) is 6.61 Å². The molecular formula is C26H31FO2S. The Morgan fingerprint density at radius 2 is 1.73 bits per heavy atom. The van der Waals surface area contributed by atoms with E-state index in [0.29, 0.717) is 29.6 Å². The van der Waals surface area contributed by atoms with Gasteiger partial charge in [-0.2, -0.15) is 0 Å². The summed E-state index contributed by atoms with van der Waals surface area (Å²) in [6, 6.07) is 14.4. The third-order valence-electron chi connectivity index (χ3n) is 6.24. The van der Waals surface area contributed by atoms with Crippen molar-refractivity contribution in [3.8, 4) is 10.8 Å². The standard InChI is InChI=1S/C26H31FO2S/c1-3-5-18-6-10-20(11-7-18)21-12-8-19(9-13-21)17-29-24-16-22-14-15-23(28-4-2)25(27)26(22)30-24/h8-9,12-16,18,20H,3-7,10-11,17H2,1-2H3. The van der Waals surface area contributed by atoms with Crippen molar-refractivity contribution in [1.82, 2.24) is 0 Å². The lowest BCUT2D eigenvalue weighted by atomic mass is 9.77. The molecule has 3 aromatic rings. The fraction of sp³-hybridized carbons (Fsp3) is 0.462. The highest BCUT2D eigenvalue weighted by atomic mass is 32.1. The van der Waals surface area contributed by atoms with Gasteiger partial charge >= 0.3 is 0 Å². The summed E-state index contributed by atoms with van der Waals surface area (Å²) in [5.41, 5.74) is 2.60. The minimum absolute atomic E-state index is 0.299. The number of halogens is 1. The fourth-order valence-corrected chi connectivity index (χ4v) is 5.54. The largest absolute Gasteiger partial charge is 0.491 e. The van der Waals surface area contributed by atoms with Gasteiger partial charge in [-0.15, -0.1) is 0 Å². The SMILES string of the molecule is CCCC1CCC(c2ccc(COc3cc4ccc(OCC)c(F)c4s3)cc2)CC1. The topological polar surface area (TPSA) is 18.5 Å². The van der Waals surface area contributed by atoms with Crippen LogP contribution < -0.4 is 9.47 Å². The van der Waals surface area contributed by atoms with Gasteiger partial charge in [0.2, 0.25) is 0 Å². The number of ether oxygens (including phenoxy) is 2. The van der Waals surface area contributed by atoms with Crippen LogP contribution in [0.4, 0.5) is 4.39 Å². The van der Waals surface area contributed by atoms with Crippen LogP contribution in [0.5, 0.6) is 10.8 Å². The first kappa shape index (κ1) is 21.2. The van der Waals surface area contributed by atoms with E-state index in [1.165, 1.54) is 55.4 Å². The third kappa shape index (κ3) is 4.80. The van der Waals surface area contributed by atoms with Crippen molar-refractivity contribution in [2.45, 2.75) is 64.9 Å². The van der Waals surface area contributed by atoms with Gasteiger partial charge in [0, 0.05) is 0 Å². The molecule has 0 spiro atoms. The quantitative estimate of drug-likeness (QED) is 0.362. The van der Waals surface area contributed by atoms with Crippen molar-refractivity contribution in [3.63, 3.8) is 0 Å². The van der Waals surface area contributed by atoms with Crippen LogP contribution in [0.3, 0.4) is 0 Å². The molecule has 0 radical (unpaired) electrons. The second-order valence-corrected chi connectivity index (χ2v) is 9.35. The van der Waals surface area contributed by atoms with E-state index in [9.17, 15) is 4.39 Å². The Balaban J connectivity index is 1.36. The zero-order valence-electron chi connectivity index (χ0n) is 18.0. The Hall–Kier alpha value is -2.07. The molecule has 1 fully saturated rings. The first-order chi connectivity index (χ1) is 14.7. The summed E-state index contributed by atoms with van der Waals surface area (Å²) < 4.78 is 26.5. The molecule has 4 heteroatoms. The maximum Gasteiger partial charge on any atom is 0.182 e. The highest BCUT2D eigenvalue weighted by molar-refractivity contribution is 7.20. The minimum atomic E-state index is -0.299. The summed E-state index contributed by atoms with van der Waals surface area (Å²) >= 11 is 1.34. The van der Waals surface area contributed by atoms with Gasteiger partial charge in [-0.3, -0.25) is 0 Å². The van der Waals surface area contributed by atoms with E-state index in [1.54, 1.807) is 6.07 Å².